The molecule has 0 aliphatic heterocycles. The Kier molecular flexibility index (Phi) is 4.68. The molecule has 10 nitrogen and oxygen atoms in total. The maximum absolute atomic E-state index is 13.3. The average molecular weight is 486 g/mol. The quantitative estimate of drug-likeness (QED) is 0.396. The highest BCUT2D eigenvalue weighted by Gasteiger charge is 2.25. The third-order valence-electron chi connectivity index (χ3n) is 4.43. The van der Waals surface area contributed by atoms with E-state index in [1.807, 2.05) is 0 Å². The molecule has 0 aliphatic carbocycles. The maximum atomic E-state index is 13.3. The van der Waals surface area contributed by atoms with E-state index in [1.165, 1.54) is 67.1 Å². The zero-order chi connectivity index (χ0) is 29.1. The minimum atomic E-state index is -4.40. The molecular weight excluding hydrogens is 458 g/mol. The summed E-state index contributed by atoms with van der Waals surface area (Å²) in [6.45, 7) is 1.73. The summed E-state index contributed by atoms with van der Waals surface area (Å²) in [4.78, 5) is 16.3. The summed E-state index contributed by atoms with van der Waals surface area (Å²) in [7, 11) is -10.3. The number of hydrogen-bond donors (Lipinski definition) is 1. The summed E-state index contributed by atoms with van der Waals surface area (Å²) in [5.41, 5.74) is 1.06. The van der Waals surface area contributed by atoms with Gasteiger partial charge in [0.1, 0.15) is 0 Å². The predicted molar refractivity (Wildman–Crippen MR) is 125 cm³/mol. The SMILES string of the molecule is [2H]C([2H])([2H])Oc1ccccc1Oc1c(NS(=O)(=O)c2ccc(C)cn2)nc(-c2ccncc2)nc1OC([2H])([2H])[2H]. The van der Waals surface area contributed by atoms with Gasteiger partial charge in [0, 0.05) is 24.2 Å². The number of rotatable bonds is 8. The maximum Gasteiger partial charge on any atom is 0.280 e. The van der Waals surface area contributed by atoms with Crippen molar-refractivity contribution in [2.75, 3.05) is 18.8 Å². The van der Waals surface area contributed by atoms with E-state index in [2.05, 4.69) is 24.7 Å². The average Bonchev–Trinajstić information content (AvgIpc) is 2.85. The molecule has 34 heavy (non-hydrogen) atoms. The van der Waals surface area contributed by atoms with Crippen molar-refractivity contribution in [2.24, 2.45) is 0 Å². The normalized spacial score (nSPS) is 14.4. The van der Waals surface area contributed by atoms with Crippen LogP contribution in [0.1, 0.15) is 13.8 Å². The van der Waals surface area contributed by atoms with Crippen LogP contribution >= 0.6 is 0 Å². The third-order valence-corrected chi connectivity index (χ3v) is 5.69. The Balaban J connectivity index is 1.92. The third kappa shape index (κ3) is 4.89. The van der Waals surface area contributed by atoms with Gasteiger partial charge in [-0.05, 0) is 42.8 Å². The second-order valence-corrected chi connectivity index (χ2v) is 8.43. The largest absolute Gasteiger partial charge is 0.493 e. The van der Waals surface area contributed by atoms with Gasteiger partial charge in [-0.2, -0.15) is 13.4 Å². The van der Waals surface area contributed by atoms with Crippen LogP contribution in [0.5, 0.6) is 23.1 Å². The Morgan fingerprint density at radius 3 is 2.41 bits per heavy atom. The van der Waals surface area contributed by atoms with Gasteiger partial charge in [-0.25, -0.2) is 9.97 Å². The zero-order valence-corrected chi connectivity index (χ0v) is 18.4. The van der Waals surface area contributed by atoms with Gasteiger partial charge in [-0.3, -0.25) is 9.71 Å². The van der Waals surface area contributed by atoms with Gasteiger partial charge < -0.3 is 14.2 Å². The molecule has 0 fully saturated rings. The van der Waals surface area contributed by atoms with E-state index >= 15 is 0 Å². The summed E-state index contributed by atoms with van der Waals surface area (Å²) >= 11 is 0. The minimum absolute atomic E-state index is 0.129. The smallest absolute Gasteiger partial charge is 0.280 e. The minimum Gasteiger partial charge on any atom is -0.493 e. The molecule has 1 N–H and O–H groups in total. The number of ether oxygens (including phenoxy) is 3. The lowest BCUT2D eigenvalue weighted by Gasteiger charge is -2.17. The molecule has 1 aromatic carbocycles. The molecule has 0 spiro atoms. The van der Waals surface area contributed by atoms with Gasteiger partial charge in [0.25, 0.3) is 15.9 Å². The summed E-state index contributed by atoms with van der Waals surface area (Å²) < 4.78 is 89.8. The highest BCUT2D eigenvalue weighted by atomic mass is 32.2. The molecule has 0 saturated carbocycles. The molecule has 0 radical (unpaired) electrons. The van der Waals surface area contributed by atoms with Crippen molar-refractivity contribution in [3.05, 3.63) is 72.7 Å². The first-order valence-corrected chi connectivity index (χ1v) is 11.1. The van der Waals surface area contributed by atoms with Gasteiger partial charge in [0.2, 0.25) is 5.75 Å². The number of methoxy groups -OCH3 is 2. The molecule has 0 amide bonds. The topological polar surface area (TPSA) is 125 Å². The van der Waals surface area contributed by atoms with Crippen molar-refractivity contribution in [2.45, 2.75) is 11.9 Å². The van der Waals surface area contributed by atoms with E-state index in [1.54, 1.807) is 6.92 Å². The highest BCUT2D eigenvalue weighted by Crippen LogP contribution is 2.41. The van der Waals surface area contributed by atoms with Gasteiger partial charge >= 0.3 is 0 Å². The van der Waals surface area contributed by atoms with Crippen LogP contribution in [0.15, 0.2) is 72.1 Å². The molecule has 3 heterocycles. The van der Waals surface area contributed by atoms with E-state index < -0.39 is 41.5 Å². The van der Waals surface area contributed by atoms with Crippen molar-refractivity contribution in [1.82, 2.24) is 19.9 Å². The summed E-state index contributed by atoms with van der Waals surface area (Å²) in [5.74, 6) is -2.37. The highest BCUT2D eigenvalue weighted by molar-refractivity contribution is 7.92. The summed E-state index contributed by atoms with van der Waals surface area (Å²) in [6.07, 6.45) is 4.20. The molecule has 3 aromatic heterocycles. The van der Waals surface area contributed by atoms with E-state index in [-0.39, 0.29) is 22.3 Å². The number of anilines is 1. The van der Waals surface area contributed by atoms with Crippen LogP contribution in [-0.4, -0.2) is 42.4 Å². The van der Waals surface area contributed by atoms with E-state index in [9.17, 15) is 8.42 Å². The van der Waals surface area contributed by atoms with Crippen molar-refractivity contribution >= 4 is 15.8 Å². The fourth-order valence-electron chi connectivity index (χ4n) is 2.81. The molecule has 0 saturated heterocycles. The van der Waals surface area contributed by atoms with Crippen molar-refractivity contribution in [1.29, 1.82) is 0 Å². The zero-order valence-electron chi connectivity index (χ0n) is 23.6. The second kappa shape index (κ2) is 9.71. The number of aryl methyl sites for hydroxylation is 1. The van der Waals surface area contributed by atoms with Crippen LogP contribution in [0.4, 0.5) is 5.82 Å². The number of nitrogens with zero attached hydrogens (tertiary/aromatic N) is 4. The van der Waals surface area contributed by atoms with Gasteiger partial charge in [0.05, 0.1) is 22.3 Å². The lowest BCUT2D eigenvalue weighted by molar-refractivity contribution is 0.348. The molecule has 4 rings (SSSR count). The number of nitrogens with one attached hydrogen (secondary N) is 1. The number of sulfonamides is 1. The van der Waals surface area contributed by atoms with Crippen molar-refractivity contribution in [3.63, 3.8) is 0 Å². The standard InChI is InChI=1S/C23H21N5O5S/c1-15-8-9-19(25-14-15)34(29,30)28-22-20(33-18-7-5-4-6-17(18)31-2)23(32-3)27-21(26-22)16-10-12-24-13-11-16/h4-14H,1-3H3,(H,26,27,28)/i2D3,3D3. The van der Waals surface area contributed by atoms with Crippen LogP contribution in [0.3, 0.4) is 0 Å². The van der Waals surface area contributed by atoms with Crippen LogP contribution in [0, 0.1) is 6.92 Å². The molecule has 0 atom stereocenters. The van der Waals surface area contributed by atoms with Crippen LogP contribution < -0.4 is 18.9 Å². The lowest BCUT2D eigenvalue weighted by Crippen LogP contribution is -2.17. The van der Waals surface area contributed by atoms with Crippen LogP contribution in [0.25, 0.3) is 11.4 Å². The number of para-hydroxylation sites is 2. The first-order valence-electron chi connectivity index (χ1n) is 12.6. The lowest BCUT2D eigenvalue weighted by atomic mass is 10.2. The van der Waals surface area contributed by atoms with Gasteiger partial charge in [0.15, 0.2) is 28.2 Å². The van der Waals surface area contributed by atoms with E-state index in [0.29, 0.717) is 11.1 Å². The predicted octanol–water partition coefficient (Wildman–Crippen LogP) is 3.85. The molecule has 0 aliphatic rings. The molecule has 174 valence electrons. The molecule has 0 bridgehead atoms. The Labute approximate surface area is 205 Å². The summed E-state index contributed by atoms with van der Waals surface area (Å²) in [6, 6.07) is 11.4. The fraction of sp³-hybridized carbons (Fsp3) is 0.130. The first kappa shape index (κ1) is 16.4. The Bertz CT molecular complexity index is 1600. The number of aromatic nitrogens is 4. The Morgan fingerprint density at radius 2 is 1.71 bits per heavy atom. The van der Waals surface area contributed by atoms with E-state index in [4.69, 9.17) is 22.4 Å². The number of hydrogen-bond acceptors (Lipinski definition) is 9. The van der Waals surface area contributed by atoms with Crippen molar-refractivity contribution < 1.29 is 30.9 Å². The molecule has 11 heteroatoms. The van der Waals surface area contributed by atoms with Crippen LogP contribution in [-0.2, 0) is 10.0 Å². The Hall–Kier alpha value is -4.25. The van der Waals surface area contributed by atoms with Crippen LogP contribution in [0.2, 0.25) is 0 Å². The van der Waals surface area contributed by atoms with Gasteiger partial charge in [-0.15, -0.1) is 0 Å². The molecular formula is C23H21N5O5S. The number of benzene rings is 1. The first-order chi connectivity index (χ1) is 18.7. The van der Waals surface area contributed by atoms with Gasteiger partial charge in [-0.1, -0.05) is 18.2 Å². The molecule has 0 unspecified atom stereocenters. The monoisotopic (exact) mass is 485 g/mol. The van der Waals surface area contributed by atoms with Crippen molar-refractivity contribution in [3.8, 4) is 34.5 Å². The Morgan fingerprint density at radius 1 is 0.941 bits per heavy atom. The second-order valence-electron chi connectivity index (χ2n) is 6.80. The number of pyridine rings is 2. The van der Waals surface area contributed by atoms with E-state index in [0.717, 1.165) is 0 Å². The summed E-state index contributed by atoms with van der Waals surface area (Å²) in [5, 5.41) is -0.363. The molecule has 4 aromatic rings. The fourth-order valence-corrected chi connectivity index (χ4v) is 3.75.